The molecule has 0 aromatic carbocycles. The van der Waals surface area contributed by atoms with E-state index in [1.807, 2.05) is 31.7 Å². The van der Waals surface area contributed by atoms with Gasteiger partial charge in [-0.2, -0.15) is 0 Å². The normalized spacial score (nSPS) is 16.5. The molecule has 4 heterocycles. The summed E-state index contributed by atoms with van der Waals surface area (Å²) in [6.45, 7) is 7.05. The predicted molar refractivity (Wildman–Crippen MR) is 101 cm³/mol. The number of amides is 1. The molecule has 0 aliphatic carbocycles. The molecule has 8 heteroatoms. The number of nitrogens with zero attached hydrogens (tertiary/aromatic N) is 6. The molecular weight excluding hydrogens is 356 g/mol. The number of aryl methyl sites for hydroxylation is 3. The van der Waals surface area contributed by atoms with Crippen LogP contribution >= 0.6 is 0 Å². The fourth-order valence-electron chi connectivity index (χ4n) is 3.64. The van der Waals surface area contributed by atoms with Gasteiger partial charge in [0.1, 0.15) is 17.8 Å². The highest BCUT2D eigenvalue weighted by atomic mass is 16.5. The molecule has 144 valence electrons. The Morgan fingerprint density at radius 1 is 1.18 bits per heavy atom. The first-order valence-electron chi connectivity index (χ1n) is 9.33. The summed E-state index contributed by atoms with van der Waals surface area (Å²) in [4.78, 5) is 31.6. The zero-order valence-corrected chi connectivity index (χ0v) is 16.2. The molecule has 1 saturated heterocycles. The molecular formula is C20H22N6O2. The largest absolute Gasteiger partial charge is 0.361 e. The highest BCUT2D eigenvalue weighted by Crippen LogP contribution is 2.27. The lowest BCUT2D eigenvalue weighted by Crippen LogP contribution is -2.29. The first-order valence-corrected chi connectivity index (χ1v) is 9.33. The van der Waals surface area contributed by atoms with Gasteiger partial charge in [0.15, 0.2) is 0 Å². The lowest BCUT2D eigenvalue weighted by Gasteiger charge is -2.16. The summed E-state index contributed by atoms with van der Waals surface area (Å²) in [6, 6.07) is 1.99. The second-order valence-electron chi connectivity index (χ2n) is 7.25. The van der Waals surface area contributed by atoms with Crippen LogP contribution in [-0.4, -0.2) is 49.0 Å². The maximum absolute atomic E-state index is 12.6. The van der Waals surface area contributed by atoms with Crippen LogP contribution in [0.4, 0.5) is 0 Å². The minimum Gasteiger partial charge on any atom is -0.361 e. The van der Waals surface area contributed by atoms with Crippen molar-refractivity contribution in [1.82, 2.24) is 30.0 Å². The highest BCUT2D eigenvalue weighted by Gasteiger charge is 2.28. The maximum atomic E-state index is 12.6. The molecule has 0 N–H and O–H groups in total. The van der Waals surface area contributed by atoms with E-state index in [-0.39, 0.29) is 5.91 Å². The Bertz CT molecular complexity index is 979. The SMILES string of the molecule is Cc1cnc(C(=O)N2CCC(Cc3cc(-c4c(C)noc4C)ncn3)C2)cn1. The number of likely N-dealkylation sites (tertiary alicyclic amines) is 1. The van der Waals surface area contributed by atoms with Gasteiger partial charge in [0, 0.05) is 25.0 Å². The van der Waals surface area contributed by atoms with Gasteiger partial charge in [0.25, 0.3) is 5.91 Å². The fraction of sp³-hybridized carbons (Fsp3) is 0.400. The number of aromatic nitrogens is 5. The molecule has 0 spiro atoms. The Morgan fingerprint density at radius 2 is 2.04 bits per heavy atom. The summed E-state index contributed by atoms with van der Waals surface area (Å²) in [5, 5.41) is 4.00. The second-order valence-corrected chi connectivity index (χ2v) is 7.25. The third-order valence-corrected chi connectivity index (χ3v) is 5.08. The van der Waals surface area contributed by atoms with Crippen LogP contribution in [0, 0.1) is 26.7 Å². The van der Waals surface area contributed by atoms with E-state index in [4.69, 9.17) is 4.52 Å². The van der Waals surface area contributed by atoms with Gasteiger partial charge in [-0.1, -0.05) is 5.16 Å². The molecule has 0 radical (unpaired) electrons. The van der Waals surface area contributed by atoms with Crippen LogP contribution in [0.2, 0.25) is 0 Å². The number of hydrogen-bond acceptors (Lipinski definition) is 7. The van der Waals surface area contributed by atoms with Crippen molar-refractivity contribution in [2.24, 2.45) is 5.92 Å². The Morgan fingerprint density at radius 3 is 2.75 bits per heavy atom. The van der Waals surface area contributed by atoms with Crippen molar-refractivity contribution in [3.05, 3.63) is 53.3 Å². The van der Waals surface area contributed by atoms with E-state index >= 15 is 0 Å². The third-order valence-electron chi connectivity index (χ3n) is 5.08. The Hall–Kier alpha value is -3.16. The first-order chi connectivity index (χ1) is 13.5. The van der Waals surface area contributed by atoms with Gasteiger partial charge in [-0.25, -0.2) is 15.0 Å². The number of hydrogen-bond donors (Lipinski definition) is 0. The zero-order valence-electron chi connectivity index (χ0n) is 16.2. The lowest BCUT2D eigenvalue weighted by molar-refractivity contribution is 0.0780. The summed E-state index contributed by atoms with van der Waals surface area (Å²) >= 11 is 0. The minimum atomic E-state index is -0.0610. The van der Waals surface area contributed by atoms with Crippen molar-refractivity contribution in [1.29, 1.82) is 0 Å². The number of carbonyl (C=O) groups is 1. The zero-order chi connectivity index (χ0) is 19.7. The third kappa shape index (κ3) is 3.62. The standard InChI is InChI=1S/C20H22N6O2/c1-12-8-22-18(9-21-12)20(27)26-5-4-15(10-26)6-16-7-17(24-11-23-16)19-13(2)25-28-14(19)3/h7-9,11,15H,4-6,10H2,1-3H3. The van der Waals surface area contributed by atoms with Crippen LogP contribution in [0.1, 0.15) is 39.8 Å². The quantitative estimate of drug-likeness (QED) is 0.688. The average Bonchev–Trinajstić information content (AvgIpc) is 3.28. The van der Waals surface area contributed by atoms with Gasteiger partial charge >= 0.3 is 0 Å². The van der Waals surface area contributed by atoms with E-state index in [9.17, 15) is 4.79 Å². The molecule has 1 unspecified atom stereocenters. The van der Waals surface area contributed by atoms with Gasteiger partial charge in [-0.05, 0) is 45.6 Å². The van der Waals surface area contributed by atoms with Crippen molar-refractivity contribution in [3.8, 4) is 11.3 Å². The molecule has 1 amide bonds. The Labute approximate surface area is 163 Å². The molecule has 28 heavy (non-hydrogen) atoms. The van der Waals surface area contributed by atoms with Crippen molar-refractivity contribution in [2.45, 2.75) is 33.6 Å². The van der Waals surface area contributed by atoms with E-state index in [1.165, 1.54) is 0 Å². The predicted octanol–water partition coefficient (Wildman–Crippen LogP) is 2.55. The molecule has 1 atom stereocenters. The number of carbonyl (C=O) groups excluding carboxylic acids is 1. The maximum Gasteiger partial charge on any atom is 0.274 e. The van der Waals surface area contributed by atoms with Crippen LogP contribution in [0.15, 0.2) is 29.3 Å². The van der Waals surface area contributed by atoms with Crippen molar-refractivity contribution in [2.75, 3.05) is 13.1 Å². The molecule has 3 aromatic heterocycles. The molecule has 8 nitrogen and oxygen atoms in total. The van der Waals surface area contributed by atoms with Gasteiger partial charge in [-0.15, -0.1) is 0 Å². The molecule has 0 saturated carbocycles. The lowest BCUT2D eigenvalue weighted by atomic mass is 10.0. The van der Waals surface area contributed by atoms with Crippen molar-refractivity contribution in [3.63, 3.8) is 0 Å². The summed E-state index contributed by atoms with van der Waals surface area (Å²) < 4.78 is 5.25. The van der Waals surface area contributed by atoms with Crippen LogP contribution in [0.25, 0.3) is 11.3 Å². The highest BCUT2D eigenvalue weighted by molar-refractivity contribution is 5.92. The van der Waals surface area contributed by atoms with E-state index in [1.54, 1.807) is 18.7 Å². The Balaban J connectivity index is 1.44. The van der Waals surface area contributed by atoms with E-state index < -0.39 is 0 Å². The van der Waals surface area contributed by atoms with Gasteiger partial charge in [0.2, 0.25) is 0 Å². The van der Waals surface area contributed by atoms with Crippen LogP contribution in [0.3, 0.4) is 0 Å². The Kier molecular flexibility index (Phi) is 4.85. The monoisotopic (exact) mass is 378 g/mol. The summed E-state index contributed by atoms with van der Waals surface area (Å²) in [5.74, 6) is 1.04. The van der Waals surface area contributed by atoms with Gasteiger partial charge < -0.3 is 9.42 Å². The molecule has 4 rings (SSSR count). The molecule has 3 aromatic rings. The van der Waals surface area contributed by atoms with Crippen LogP contribution in [0.5, 0.6) is 0 Å². The molecule has 1 fully saturated rings. The van der Waals surface area contributed by atoms with Gasteiger partial charge in [-0.3, -0.25) is 9.78 Å². The molecule has 0 bridgehead atoms. The fourth-order valence-corrected chi connectivity index (χ4v) is 3.64. The van der Waals surface area contributed by atoms with Gasteiger partial charge in [0.05, 0.1) is 28.8 Å². The van der Waals surface area contributed by atoms with Crippen molar-refractivity contribution >= 4 is 5.91 Å². The summed E-state index contributed by atoms with van der Waals surface area (Å²) in [5.41, 5.74) is 4.72. The van der Waals surface area contributed by atoms with Crippen LogP contribution in [-0.2, 0) is 6.42 Å². The minimum absolute atomic E-state index is 0.0610. The molecule has 1 aliphatic heterocycles. The molecule has 1 aliphatic rings. The topological polar surface area (TPSA) is 97.9 Å². The van der Waals surface area contributed by atoms with E-state index in [0.29, 0.717) is 18.2 Å². The smallest absolute Gasteiger partial charge is 0.274 e. The van der Waals surface area contributed by atoms with Crippen LogP contribution < -0.4 is 0 Å². The van der Waals surface area contributed by atoms with Crippen molar-refractivity contribution < 1.29 is 9.32 Å². The first kappa shape index (κ1) is 18.2. The van der Waals surface area contributed by atoms with E-state index in [2.05, 4.69) is 25.1 Å². The number of rotatable bonds is 4. The average molecular weight is 378 g/mol. The second kappa shape index (κ2) is 7.46. The van der Waals surface area contributed by atoms with E-state index in [0.717, 1.165) is 53.5 Å². The summed E-state index contributed by atoms with van der Waals surface area (Å²) in [7, 11) is 0. The summed E-state index contributed by atoms with van der Waals surface area (Å²) in [6.07, 6.45) is 6.48.